The van der Waals surface area contributed by atoms with Crippen LogP contribution in [0.4, 0.5) is 0 Å². The molecule has 0 heterocycles. The summed E-state index contributed by atoms with van der Waals surface area (Å²) < 4.78 is 4.68. The Labute approximate surface area is 128 Å². The number of ether oxygens (including phenoxy) is 1. The summed E-state index contributed by atoms with van der Waals surface area (Å²) in [6.45, 7) is 0. The van der Waals surface area contributed by atoms with Gasteiger partial charge in [0.25, 0.3) is 0 Å². The second-order valence-electron chi connectivity index (χ2n) is 6.32. The lowest BCUT2D eigenvalue weighted by Crippen LogP contribution is -2.06. The van der Waals surface area contributed by atoms with Gasteiger partial charge in [0.1, 0.15) is 0 Å². The van der Waals surface area contributed by atoms with Gasteiger partial charge in [-0.05, 0) is 29.9 Å². The van der Waals surface area contributed by atoms with Crippen LogP contribution in [0, 0.1) is 5.92 Å². The highest BCUT2D eigenvalue weighted by atomic mass is 16.5. The number of esters is 1. The van der Waals surface area contributed by atoms with Crippen LogP contribution < -0.4 is 0 Å². The molecule has 0 atom stereocenters. The summed E-state index contributed by atoms with van der Waals surface area (Å²) >= 11 is 0. The zero-order valence-electron chi connectivity index (χ0n) is 13.3. The standard InChI is InChI=1S/C19H28O2/c1-21-19(20)15-18-13-11-17(12-14-18)10-6-5-9-16-7-3-2-4-8-16/h11-14,16H,2-10,15H2,1H3. The third-order valence-electron chi connectivity index (χ3n) is 4.65. The van der Waals surface area contributed by atoms with Gasteiger partial charge < -0.3 is 4.74 Å². The highest BCUT2D eigenvalue weighted by molar-refractivity contribution is 5.72. The fourth-order valence-electron chi connectivity index (χ4n) is 3.30. The molecule has 1 aromatic rings. The van der Waals surface area contributed by atoms with Gasteiger partial charge in [0.05, 0.1) is 13.5 Å². The molecule has 2 nitrogen and oxygen atoms in total. The van der Waals surface area contributed by atoms with Gasteiger partial charge in [0.15, 0.2) is 0 Å². The molecular formula is C19H28O2. The van der Waals surface area contributed by atoms with Crippen LogP contribution in [0.3, 0.4) is 0 Å². The van der Waals surface area contributed by atoms with Crippen LogP contribution in [0.2, 0.25) is 0 Å². The minimum Gasteiger partial charge on any atom is -0.469 e. The Morgan fingerprint density at radius 1 is 1.05 bits per heavy atom. The summed E-state index contributed by atoms with van der Waals surface area (Å²) in [5.41, 5.74) is 2.42. The number of aryl methyl sites for hydroxylation is 1. The highest BCUT2D eigenvalue weighted by Gasteiger charge is 2.12. The zero-order chi connectivity index (χ0) is 14.9. The van der Waals surface area contributed by atoms with Crippen LogP contribution in [0.1, 0.15) is 62.5 Å². The average Bonchev–Trinajstić information content (AvgIpc) is 2.54. The predicted octanol–water partition coefficient (Wildman–Crippen LogP) is 4.70. The van der Waals surface area contributed by atoms with Gasteiger partial charge in [0, 0.05) is 0 Å². The van der Waals surface area contributed by atoms with Crippen molar-refractivity contribution in [3.05, 3.63) is 35.4 Å². The molecule has 0 unspecified atom stereocenters. The lowest BCUT2D eigenvalue weighted by molar-refractivity contribution is -0.139. The molecule has 0 radical (unpaired) electrons. The Morgan fingerprint density at radius 2 is 1.71 bits per heavy atom. The Morgan fingerprint density at radius 3 is 2.38 bits per heavy atom. The molecule has 0 spiro atoms. The van der Waals surface area contributed by atoms with Crippen LogP contribution in [-0.2, 0) is 22.4 Å². The van der Waals surface area contributed by atoms with Crippen LogP contribution in [-0.4, -0.2) is 13.1 Å². The van der Waals surface area contributed by atoms with Gasteiger partial charge in [-0.15, -0.1) is 0 Å². The maximum atomic E-state index is 11.2. The van der Waals surface area contributed by atoms with Crippen molar-refractivity contribution in [3.8, 4) is 0 Å². The molecule has 0 N–H and O–H groups in total. The molecule has 116 valence electrons. The van der Waals surface area contributed by atoms with Crippen molar-refractivity contribution < 1.29 is 9.53 Å². The van der Waals surface area contributed by atoms with E-state index in [1.807, 2.05) is 12.1 Å². The SMILES string of the molecule is COC(=O)Cc1ccc(CCCCC2CCCCC2)cc1. The molecule has 21 heavy (non-hydrogen) atoms. The Balaban J connectivity index is 1.65. The van der Waals surface area contributed by atoms with Gasteiger partial charge in [-0.2, -0.15) is 0 Å². The molecule has 1 aliphatic carbocycles. The van der Waals surface area contributed by atoms with E-state index in [4.69, 9.17) is 0 Å². The second kappa shape index (κ2) is 8.86. The fraction of sp³-hybridized carbons (Fsp3) is 0.632. The van der Waals surface area contributed by atoms with Gasteiger partial charge in [-0.3, -0.25) is 4.79 Å². The number of hydrogen-bond donors (Lipinski definition) is 0. The van der Waals surface area contributed by atoms with Crippen molar-refractivity contribution in [2.24, 2.45) is 5.92 Å². The minimum atomic E-state index is -0.171. The van der Waals surface area contributed by atoms with E-state index in [9.17, 15) is 4.79 Å². The van der Waals surface area contributed by atoms with E-state index in [0.717, 1.165) is 17.9 Å². The molecule has 0 aliphatic heterocycles. The largest absolute Gasteiger partial charge is 0.469 e. The van der Waals surface area contributed by atoms with Crippen molar-refractivity contribution in [3.63, 3.8) is 0 Å². The first-order valence-electron chi connectivity index (χ1n) is 8.42. The van der Waals surface area contributed by atoms with E-state index in [0.29, 0.717) is 6.42 Å². The number of rotatable bonds is 7. The molecule has 2 rings (SSSR count). The van der Waals surface area contributed by atoms with Crippen molar-refractivity contribution in [1.29, 1.82) is 0 Å². The molecule has 2 heteroatoms. The first-order valence-corrected chi connectivity index (χ1v) is 8.42. The molecular weight excluding hydrogens is 260 g/mol. The normalized spacial score (nSPS) is 15.9. The number of carbonyl (C=O) groups excluding carboxylic acids is 1. The second-order valence-corrected chi connectivity index (χ2v) is 6.32. The number of methoxy groups -OCH3 is 1. The number of unbranched alkanes of at least 4 members (excludes halogenated alkanes) is 1. The number of hydrogen-bond acceptors (Lipinski definition) is 2. The van der Waals surface area contributed by atoms with Gasteiger partial charge in [-0.1, -0.05) is 69.2 Å². The summed E-state index contributed by atoms with van der Waals surface area (Å²) in [4.78, 5) is 11.2. The topological polar surface area (TPSA) is 26.3 Å². The summed E-state index contributed by atoms with van der Waals surface area (Å²) in [5, 5.41) is 0. The summed E-state index contributed by atoms with van der Waals surface area (Å²) in [5.74, 6) is 0.830. The van der Waals surface area contributed by atoms with Gasteiger partial charge in [-0.25, -0.2) is 0 Å². The minimum absolute atomic E-state index is 0.171. The van der Waals surface area contributed by atoms with E-state index in [1.165, 1.54) is 64.0 Å². The number of benzene rings is 1. The smallest absolute Gasteiger partial charge is 0.309 e. The first kappa shape index (κ1) is 16.1. The Kier molecular flexibility index (Phi) is 6.78. The van der Waals surface area contributed by atoms with Crippen molar-refractivity contribution in [1.82, 2.24) is 0 Å². The maximum absolute atomic E-state index is 11.2. The molecule has 1 aliphatic rings. The van der Waals surface area contributed by atoms with E-state index >= 15 is 0 Å². The molecule has 0 amide bonds. The molecule has 0 saturated heterocycles. The van der Waals surface area contributed by atoms with E-state index < -0.39 is 0 Å². The lowest BCUT2D eigenvalue weighted by Gasteiger charge is -2.21. The van der Waals surface area contributed by atoms with Crippen LogP contribution >= 0.6 is 0 Å². The predicted molar refractivity (Wildman–Crippen MR) is 86.3 cm³/mol. The summed E-state index contributed by atoms with van der Waals surface area (Å²) in [6, 6.07) is 8.40. The maximum Gasteiger partial charge on any atom is 0.309 e. The number of carbonyl (C=O) groups is 1. The Hall–Kier alpha value is -1.31. The van der Waals surface area contributed by atoms with E-state index in [1.54, 1.807) is 0 Å². The van der Waals surface area contributed by atoms with E-state index in [2.05, 4.69) is 16.9 Å². The quantitative estimate of drug-likeness (QED) is 0.537. The average molecular weight is 288 g/mol. The van der Waals surface area contributed by atoms with Crippen LogP contribution in [0.15, 0.2) is 24.3 Å². The summed E-state index contributed by atoms with van der Waals surface area (Å²) in [6.07, 6.45) is 12.9. The highest BCUT2D eigenvalue weighted by Crippen LogP contribution is 2.27. The van der Waals surface area contributed by atoms with E-state index in [-0.39, 0.29) is 5.97 Å². The van der Waals surface area contributed by atoms with Crippen molar-refractivity contribution in [2.45, 2.75) is 64.2 Å². The molecule has 1 fully saturated rings. The van der Waals surface area contributed by atoms with Crippen molar-refractivity contribution >= 4 is 5.97 Å². The Bertz CT molecular complexity index is 416. The third-order valence-corrected chi connectivity index (χ3v) is 4.65. The molecule has 1 saturated carbocycles. The van der Waals surface area contributed by atoms with Gasteiger partial charge in [0.2, 0.25) is 0 Å². The monoisotopic (exact) mass is 288 g/mol. The lowest BCUT2D eigenvalue weighted by atomic mass is 9.85. The molecule has 0 bridgehead atoms. The van der Waals surface area contributed by atoms with Crippen molar-refractivity contribution in [2.75, 3.05) is 7.11 Å². The third kappa shape index (κ3) is 5.91. The zero-order valence-corrected chi connectivity index (χ0v) is 13.3. The summed E-state index contributed by atoms with van der Waals surface area (Å²) in [7, 11) is 1.43. The van der Waals surface area contributed by atoms with Crippen LogP contribution in [0.5, 0.6) is 0 Å². The molecule has 0 aromatic heterocycles. The van der Waals surface area contributed by atoms with Gasteiger partial charge >= 0.3 is 5.97 Å². The van der Waals surface area contributed by atoms with Crippen LogP contribution in [0.25, 0.3) is 0 Å². The fourth-order valence-corrected chi connectivity index (χ4v) is 3.30. The molecule has 1 aromatic carbocycles. The first-order chi connectivity index (χ1) is 10.3.